The van der Waals surface area contributed by atoms with Crippen LogP contribution in [0.5, 0.6) is 0 Å². The normalized spacial score (nSPS) is 16.0. The Kier molecular flexibility index (Phi) is 3.36. The number of halogens is 1. The van der Waals surface area contributed by atoms with Crippen LogP contribution >= 0.6 is 0 Å². The average Bonchev–Trinajstić information content (AvgIpc) is 2.83. The fourth-order valence-electron chi connectivity index (χ4n) is 2.14. The van der Waals surface area contributed by atoms with Crippen LogP contribution in [0, 0.1) is 12.7 Å². The van der Waals surface area contributed by atoms with Crippen LogP contribution in [0.25, 0.3) is 6.08 Å². The Morgan fingerprint density at radius 2 is 1.95 bits per heavy atom. The first-order valence-corrected chi connectivity index (χ1v) is 6.57. The summed E-state index contributed by atoms with van der Waals surface area (Å²) in [5, 5.41) is 2.66. The molecule has 1 heterocycles. The molecule has 2 aromatic rings. The van der Waals surface area contributed by atoms with Crippen molar-refractivity contribution in [3.05, 3.63) is 76.7 Å². The first kappa shape index (κ1) is 13.2. The summed E-state index contributed by atoms with van der Waals surface area (Å²) in [5.74, 6) is -0.266. The molecule has 3 nitrogen and oxygen atoms in total. The van der Waals surface area contributed by atoms with E-state index in [-0.39, 0.29) is 11.7 Å². The van der Waals surface area contributed by atoms with E-state index in [1.54, 1.807) is 18.2 Å². The summed E-state index contributed by atoms with van der Waals surface area (Å²) in [5.41, 5.74) is 2.87. The lowest BCUT2D eigenvalue weighted by Crippen LogP contribution is -2.24. The summed E-state index contributed by atoms with van der Waals surface area (Å²) in [4.78, 5) is 16.2. The van der Waals surface area contributed by atoms with Gasteiger partial charge in [-0.2, -0.15) is 0 Å². The van der Waals surface area contributed by atoms with Gasteiger partial charge in [-0.1, -0.05) is 36.4 Å². The Hall–Kier alpha value is -2.75. The molecule has 0 bridgehead atoms. The smallest absolute Gasteiger partial charge is 0.275 e. The second-order valence-electron chi connectivity index (χ2n) is 4.81. The number of nitrogens with one attached hydrogen (secondary N) is 1. The Morgan fingerprint density at radius 3 is 2.71 bits per heavy atom. The van der Waals surface area contributed by atoms with Crippen molar-refractivity contribution in [2.24, 2.45) is 4.99 Å². The van der Waals surface area contributed by atoms with Gasteiger partial charge in [0.05, 0.1) is 0 Å². The number of hydrogen-bond acceptors (Lipinski definition) is 2. The molecule has 0 aliphatic carbocycles. The van der Waals surface area contributed by atoms with E-state index >= 15 is 0 Å². The standard InChI is InChI=1S/C17H13FN2O/c1-11-5-2-3-6-12(11)10-15-17(21)20-16(19-15)13-7-4-8-14(18)9-13/h2-10H,1H3,(H,19,20,21)/b15-10-. The number of rotatable bonds is 2. The zero-order valence-corrected chi connectivity index (χ0v) is 11.4. The minimum atomic E-state index is -0.360. The topological polar surface area (TPSA) is 41.5 Å². The van der Waals surface area contributed by atoms with Crippen LogP contribution < -0.4 is 5.32 Å². The van der Waals surface area contributed by atoms with Crippen LogP contribution in [0.15, 0.2) is 59.2 Å². The first-order valence-electron chi connectivity index (χ1n) is 6.57. The molecule has 0 saturated heterocycles. The zero-order chi connectivity index (χ0) is 14.8. The van der Waals surface area contributed by atoms with E-state index in [0.717, 1.165) is 11.1 Å². The van der Waals surface area contributed by atoms with Crippen molar-refractivity contribution < 1.29 is 9.18 Å². The number of aryl methyl sites for hydroxylation is 1. The average molecular weight is 280 g/mol. The number of carbonyl (C=O) groups excluding carboxylic acids is 1. The van der Waals surface area contributed by atoms with E-state index in [9.17, 15) is 9.18 Å². The molecule has 0 aromatic heterocycles. The Bertz CT molecular complexity index is 778. The molecule has 1 amide bonds. The fourth-order valence-corrected chi connectivity index (χ4v) is 2.14. The molecule has 0 unspecified atom stereocenters. The highest BCUT2D eigenvalue weighted by molar-refractivity contribution is 6.19. The molecule has 1 aliphatic rings. The van der Waals surface area contributed by atoms with Crippen LogP contribution in [0.1, 0.15) is 16.7 Å². The number of amides is 1. The van der Waals surface area contributed by atoms with E-state index in [0.29, 0.717) is 17.1 Å². The van der Waals surface area contributed by atoms with Gasteiger partial charge in [0.25, 0.3) is 5.91 Å². The Labute approximate surface area is 121 Å². The van der Waals surface area contributed by atoms with Gasteiger partial charge in [0, 0.05) is 5.56 Å². The molecule has 2 aromatic carbocycles. The highest BCUT2D eigenvalue weighted by atomic mass is 19.1. The van der Waals surface area contributed by atoms with Crippen molar-refractivity contribution in [1.82, 2.24) is 5.32 Å². The van der Waals surface area contributed by atoms with Gasteiger partial charge in [0.15, 0.2) is 0 Å². The molecule has 104 valence electrons. The summed E-state index contributed by atoms with van der Waals surface area (Å²) in [6.07, 6.45) is 1.73. The SMILES string of the molecule is Cc1ccccc1/C=C1\N=C(c2cccc(F)c2)NC1=O. The Morgan fingerprint density at radius 1 is 1.14 bits per heavy atom. The number of hydrogen-bond donors (Lipinski definition) is 1. The maximum atomic E-state index is 13.2. The van der Waals surface area contributed by atoms with Crippen molar-refractivity contribution in [2.45, 2.75) is 6.92 Å². The number of carbonyl (C=O) groups is 1. The number of aliphatic imine (C=N–C) groups is 1. The second-order valence-corrected chi connectivity index (χ2v) is 4.81. The van der Waals surface area contributed by atoms with Gasteiger partial charge in [-0.25, -0.2) is 9.38 Å². The molecule has 0 fully saturated rings. The van der Waals surface area contributed by atoms with Gasteiger partial charge < -0.3 is 5.32 Å². The van der Waals surface area contributed by atoms with E-state index in [4.69, 9.17) is 0 Å². The molecular formula is C17H13FN2O. The number of amidine groups is 1. The van der Waals surface area contributed by atoms with Crippen LogP contribution in [0.2, 0.25) is 0 Å². The van der Waals surface area contributed by atoms with Crippen LogP contribution in [0.4, 0.5) is 4.39 Å². The lowest BCUT2D eigenvalue weighted by atomic mass is 10.1. The highest BCUT2D eigenvalue weighted by Crippen LogP contribution is 2.17. The maximum absolute atomic E-state index is 13.2. The molecule has 0 atom stereocenters. The van der Waals surface area contributed by atoms with E-state index < -0.39 is 0 Å². The third-order valence-electron chi connectivity index (χ3n) is 3.28. The van der Waals surface area contributed by atoms with Gasteiger partial charge in [-0.3, -0.25) is 4.79 Å². The first-order chi connectivity index (χ1) is 10.1. The summed E-state index contributed by atoms with van der Waals surface area (Å²) in [6.45, 7) is 1.97. The van der Waals surface area contributed by atoms with Gasteiger partial charge in [-0.05, 0) is 36.3 Å². The Balaban J connectivity index is 1.98. The van der Waals surface area contributed by atoms with Crippen molar-refractivity contribution in [1.29, 1.82) is 0 Å². The minimum Gasteiger partial charge on any atom is -0.305 e. The number of nitrogens with zero attached hydrogens (tertiary/aromatic N) is 1. The third kappa shape index (κ3) is 2.74. The van der Waals surface area contributed by atoms with E-state index in [2.05, 4.69) is 10.3 Å². The molecule has 0 spiro atoms. The number of benzene rings is 2. The lowest BCUT2D eigenvalue weighted by Gasteiger charge is -1.99. The van der Waals surface area contributed by atoms with Crippen LogP contribution in [-0.4, -0.2) is 11.7 Å². The molecule has 3 rings (SSSR count). The quantitative estimate of drug-likeness (QED) is 0.844. The molecule has 21 heavy (non-hydrogen) atoms. The summed E-state index contributed by atoms with van der Waals surface area (Å²) < 4.78 is 13.2. The molecular weight excluding hydrogens is 267 g/mol. The van der Waals surface area contributed by atoms with Crippen molar-refractivity contribution in [3.63, 3.8) is 0 Å². The summed E-state index contributed by atoms with van der Waals surface area (Å²) >= 11 is 0. The summed E-state index contributed by atoms with van der Waals surface area (Å²) in [7, 11) is 0. The van der Waals surface area contributed by atoms with Crippen molar-refractivity contribution in [3.8, 4) is 0 Å². The molecule has 1 N–H and O–H groups in total. The largest absolute Gasteiger partial charge is 0.305 e. The van der Waals surface area contributed by atoms with Gasteiger partial charge >= 0.3 is 0 Å². The zero-order valence-electron chi connectivity index (χ0n) is 11.4. The van der Waals surface area contributed by atoms with Crippen LogP contribution in [-0.2, 0) is 4.79 Å². The third-order valence-corrected chi connectivity index (χ3v) is 3.28. The van der Waals surface area contributed by atoms with Gasteiger partial charge in [-0.15, -0.1) is 0 Å². The second kappa shape index (κ2) is 5.32. The predicted molar refractivity (Wildman–Crippen MR) is 80.2 cm³/mol. The highest BCUT2D eigenvalue weighted by Gasteiger charge is 2.21. The van der Waals surface area contributed by atoms with Crippen molar-refractivity contribution >= 4 is 17.8 Å². The monoisotopic (exact) mass is 280 g/mol. The lowest BCUT2D eigenvalue weighted by molar-refractivity contribution is -0.115. The van der Waals surface area contributed by atoms with Crippen molar-refractivity contribution in [2.75, 3.05) is 0 Å². The molecule has 4 heteroatoms. The fraction of sp³-hybridized carbons (Fsp3) is 0.0588. The molecule has 0 radical (unpaired) electrons. The van der Waals surface area contributed by atoms with Crippen LogP contribution in [0.3, 0.4) is 0 Å². The van der Waals surface area contributed by atoms with E-state index in [1.807, 2.05) is 31.2 Å². The molecule has 1 aliphatic heterocycles. The maximum Gasteiger partial charge on any atom is 0.275 e. The summed E-state index contributed by atoms with van der Waals surface area (Å²) in [6, 6.07) is 13.7. The predicted octanol–water partition coefficient (Wildman–Crippen LogP) is 3.05. The van der Waals surface area contributed by atoms with Gasteiger partial charge in [0.1, 0.15) is 17.3 Å². The minimum absolute atomic E-state index is 0.280. The van der Waals surface area contributed by atoms with Gasteiger partial charge in [0.2, 0.25) is 0 Å². The van der Waals surface area contributed by atoms with E-state index in [1.165, 1.54) is 12.1 Å². The molecule has 0 saturated carbocycles.